The van der Waals surface area contributed by atoms with E-state index in [0.717, 1.165) is 22.4 Å². The number of hydrogen-bond acceptors (Lipinski definition) is 7. The molecule has 0 fully saturated rings. The topological polar surface area (TPSA) is 109 Å². The molecule has 1 atom stereocenters. The maximum Gasteiger partial charge on any atom is 0.255 e. The third-order valence-electron chi connectivity index (χ3n) is 7.80. The van der Waals surface area contributed by atoms with Crippen LogP contribution in [0.25, 0.3) is 0 Å². The van der Waals surface area contributed by atoms with Crippen molar-refractivity contribution in [2.24, 2.45) is 10.9 Å². The van der Waals surface area contributed by atoms with Crippen LogP contribution in [0.15, 0.2) is 121 Å². The number of nitrogens with zero attached hydrogens (tertiary/aromatic N) is 4. The summed E-state index contributed by atoms with van der Waals surface area (Å²) in [7, 11) is 1.77. The Morgan fingerprint density at radius 2 is 1.62 bits per heavy atom. The minimum absolute atomic E-state index is 0.0894. The van der Waals surface area contributed by atoms with Crippen LogP contribution in [-0.2, 0) is 11.3 Å². The van der Waals surface area contributed by atoms with Crippen LogP contribution in [0, 0.1) is 5.92 Å². The third kappa shape index (κ3) is 7.36. The first-order valence-corrected chi connectivity index (χ1v) is 15.6. The molecule has 0 unspecified atom stereocenters. The number of benzodiazepines with no additional fused rings is 1. The summed E-state index contributed by atoms with van der Waals surface area (Å²) in [6.45, 7) is 4.55. The molecule has 9 heteroatoms. The largest absolute Gasteiger partial charge is 0.439 e. The number of carbonyl (C=O) groups excluding carboxylic acids is 2. The predicted molar refractivity (Wildman–Crippen MR) is 185 cm³/mol. The van der Waals surface area contributed by atoms with Gasteiger partial charge in [-0.3, -0.25) is 14.6 Å². The van der Waals surface area contributed by atoms with Gasteiger partial charge in [0.05, 0.1) is 17.9 Å². The summed E-state index contributed by atoms with van der Waals surface area (Å²) in [5.41, 5.74) is 5.11. The van der Waals surface area contributed by atoms with Crippen molar-refractivity contribution in [1.82, 2.24) is 9.97 Å². The second kappa shape index (κ2) is 14.1. The Hall–Kier alpha value is -5.83. The first-order valence-electron chi connectivity index (χ1n) is 15.6. The molecule has 0 bridgehead atoms. The van der Waals surface area contributed by atoms with E-state index in [4.69, 9.17) is 9.73 Å². The monoisotopic (exact) mass is 624 g/mol. The predicted octanol–water partition coefficient (Wildman–Crippen LogP) is 7.36. The molecule has 5 aromatic rings. The quantitative estimate of drug-likeness (QED) is 0.168. The van der Waals surface area contributed by atoms with Gasteiger partial charge in [-0.15, -0.1) is 0 Å². The molecule has 2 amide bonds. The van der Waals surface area contributed by atoms with Crippen molar-refractivity contribution >= 4 is 34.7 Å². The number of aromatic nitrogens is 2. The van der Waals surface area contributed by atoms with Crippen LogP contribution in [-0.4, -0.2) is 40.6 Å². The molecule has 1 aliphatic rings. The van der Waals surface area contributed by atoms with Gasteiger partial charge in [-0.2, -0.15) is 0 Å². The summed E-state index contributed by atoms with van der Waals surface area (Å²) in [4.78, 5) is 43.0. The van der Waals surface area contributed by atoms with Gasteiger partial charge >= 0.3 is 0 Å². The lowest BCUT2D eigenvalue weighted by atomic mass is 9.98. The number of fused-ring (bicyclic) bond motifs is 1. The molecule has 236 valence electrons. The summed E-state index contributed by atoms with van der Waals surface area (Å²) in [6, 6.07) is 33.4. The van der Waals surface area contributed by atoms with E-state index >= 15 is 0 Å². The van der Waals surface area contributed by atoms with Crippen LogP contribution >= 0.6 is 0 Å². The van der Waals surface area contributed by atoms with Crippen LogP contribution in [0.5, 0.6) is 11.6 Å². The lowest BCUT2D eigenvalue weighted by Gasteiger charge is -2.26. The minimum Gasteiger partial charge on any atom is -0.439 e. The first kappa shape index (κ1) is 31.2. The Balaban J connectivity index is 1.32. The van der Waals surface area contributed by atoms with E-state index in [2.05, 4.69) is 34.4 Å². The Bertz CT molecular complexity index is 1890. The standard InChI is InChI=1S/C38H36N6O3/c1-25(2)20-32-38(46)44(23-26-10-6-4-7-11-26)33-21-28(14-19-31(33)36(43-32)27-12-8-5-9-13-27)37(45)42-29-15-17-30(18-16-29)47-35-22-34(39-3)40-24-41-35/h4-19,21-22,24-25,32H,20,23H2,1-3H3,(H,42,45)(H,39,40,41)/t32-/m0/s1. The lowest BCUT2D eigenvalue weighted by Crippen LogP contribution is -2.38. The zero-order valence-corrected chi connectivity index (χ0v) is 26.6. The van der Waals surface area contributed by atoms with Gasteiger partial charge in [0.15, 0.2) is 0 Å². The summed E-state index contributed by atoms with van der Waals surface area (Å²) in [6.07, 6.45) is 2.03. The Morgan fingerprint density at radius 3 is 2.32 bits per heavy atom. The Morgan fingerprint density at radius 1 is 0.894 bits per heavy atom. The average Bonchev–Trinajstić information content (AvgIpc) is 3.20. The second-order valence-corrected chi connectivity index (χ2v) is 11.7. The van der Waals surface area contributed by atoms with Crippen molar-refractivity contribution in [3.8, 4) is 11.6 Å². The molecule has 0 aliphatic carbocycles. The van der Waals surface area contributed by atoms with Crippen LogP contribution in [0.1, 0.15) is 47.3 Å². The van der Waals surface area contributed by atoms with Crippen LogP contribution < -0.4 is 20.3 Å². The van der Waals surface area contributed by atoms with E-state index in [1.165, 1.54) is 6.33 Å². The molecular formula is C38H36N6O3. The molecule has 2 N–H and O–H groups in total. The lowest BCUT2D eigenvalue weighted by molar-refractivity contribution is -0.120. The zero-order chi connectivity index (χ0) is 32.8. The number of carbonyl (C=O) groups is 2. The van der Waals surface area contributed by atoms with Crippen molar-refractivity contribution in [2.75, 3.05) is 22.6 Å². The summed E-state index contributed by atoms with van der Waals surface area (Å²) in [5, 5.41) is 5.93. The number of rotatable bonds is 10. The van der Waals surface area contributed by atoms with Gasteiger partial charge in [0.25, 0.3) is 11.8 Å². The molecule has 6 rings (SSSR count). The number of benzene rings is 4. The highest BCUT2D eigenvalue weighted by Crippen LogP contribution is 2.33. The molecule has 0 radical (unpaired) electrons. The van der Waals surface area contributed by atoms with Crippen molar-refractivity contribution in [3.05, 3.63) is 138 Å². The summed E-state index contributed by atoms with van der Waals surface area (Å²) >= 11 is 0. The highest BCUT2D eigenvalue weighted by molar-refractivity contribution is 6.21. The molecule has 47 heavy (non-hydrogen) atoms. The summed E-state index contributed by atoms with van der Waals surface area (Å²) < 4.78 is 5.84. The molecule has 4 aromatic carbocycles. The molecule has 0 spiro atoms. The molecule has 1 aromatic heterocycles. The van der Waals surface area contributed by atoms with E-state index in [9.17, 15) is 9.59 Å². The number of ether oxygens (including phenoxy) is 1. The van der Waals surface area contributed by atoms with E-state index in [1.54, 1.807) is 54.4 Å². The number of hydrogen-bond donors (Lipinski definition) is 2. The highest BCUT2D eigenvalue weighted by Gasteiger charge is 2.33. The van der Waals surface area contributed by atoms with Crippen molar-refractivity contribution < 1.29 is 14.3 Å². The molecular weight excluding hydrogens is 588 g/mol. The second-order valence-electron chi connectivity index (χ2n) is 11.7. The van der Waals surface area contributed by atoms with Crippen molar-refractivity contribution in [1.29, 1.82) is 0 Å². The number of anilines is 3. The Kier molecular flexibility index (Phi) is 9.33. The average molecular weight is 625 g/mol. The van der Waals surface area contributed by atoms with E-state index < -0.39 is 6.04 Å². The number of nitrogens with one attached hydrogen (secondary N) is 2. The molecule has 9 nitrogen and oxygen atoms in total. The third-order valence-corrected chi connectivity index (χ3v) is 7.80. The maximum absolute atomic E-state index is 14.3. The number of amides is 2. The normalized spacial score (nSPS) is 14.2. The van der Waals surface area contributed by atoms with Crippen molar-refractivity contribution in [2.45, 2.75) is 32.9 Å². The van der Waals surface area contributed by atoms with E-state index in [-0.39, 0.29) is 17.7 Å². The van der Waals surface area contributed by atoms with Crippen LogP contribution in [0.3, 0.4) is 0 Å². The van der Waals surface area contributed by atoms with Gasteiger partial charge in [0, 0.05) is 35.5 Å². The van der Waals surface area contributed by atoms with Gasteiger partial charge in [0.2, 0.25) is 5.88 Å². The molecule has 0 saturated heterocycles. The van der Waals surface area contributed by atoms with Crippen molar-refractivity contribution in [3.63, 3.8) is 0 Å². The van der Waals surface area contributed by atoms with Gasteiger partial charge in [0.1, 0.15) is 23.9 Å². The van der Waals surface area contributed by atoms with Gasteiger partial charge in [-0.1, -0.05) is 74.5 Å². The molecule has 0 saturated carbocycles. The van der Waals surface area contributed by atoms with E-state index in [1.807, 2.05) is 66.7 Å². The SMILES string of the molecule is CNc1cc(Oc2ccc(NC(=O)c3ccc4c(c3)N(Cc3ccccc3)C(=O)[C@H](CC(C)C)N=C4c3ccccc3)cc2)ncn1. The molecule has 2 heterocycles. The first-order chi connectivity index (χ1) is 22.9. The van der Waals surface area contributed by atoms with Crippen LogP contribution in [0.4, 0.5) is 17.2 Å². The highest BCUT2D eigenvalue weighted by atomic mass is 16.5. The smallest absolute Gasteiger partial charge is 0.255 e. The minimum atomic E-state index is -0.563. The molecule has 1 aliphatic heterocycles. The fourth-order valence-corrected chi connectivity index (χ4v) is 5.49. The van der Waals surface area contributed by atoms with Gasteiger partial charge in [-0.05, 0) is 60.4 Å². The number of aliphatic imine (C=N–C) groups is 1. The Labute approximate surface area is 274 Å². The zero-order valence-electron chi connectivity index (χ0n) is 26.6. The fraction of sp³-hybridized carbons (Fsp3) is 0.184. The van der Waals surface area contributed by atoms with Gasteiger partial charge < -0.3 is 20.3 Å². The van der Waals surface area contributed by atoms with Gasteiger partial charge in [-0.25, -0.2) is 9.97 Å². The van der Waals surface area contributed by atoms with Crippen LogP contribution in [0.2, 0.25) is 0 Å². The summed E-state index contributed by atoms with van der Waals surface area (Å²) in [5.74, 6) is 1.47. The maximum atomic E-state index is 14.3. The van der Waals surface area contributed by atoms with E-state index in [0.29, 0.717) is 47.4 Å². The fourth-order valence-electron chi connectivity index (χ4n) is 5.49.